The Morgan fingerprint density at radius 2 is 1.86 bits per heavy atom. The molecule has 144 valence electrons. The highest BCUT2D eigenvalue weighted by Crippen LogP contribution is 2.16. The van der Waals surface area contributed by atoms with Crippen LogP contribution in [0.4, 0.5) is 5.69 Å². The summed E-state index contributed by atoms with van der Waals surface area (Å²) in [5.41, 5.74) is 3.53. The number of nitrogens with zero attached hydrogens (tertiary/aromatic N) is 1. The summed E-state index contributed by atoms with van der Waals surface area (Å²) in [6.07, 6.45) is 6.24. The first-order valence-corrected chi connectivity index (χ1v) is 8.62. The van der Waals surface area contributed by atoms with Crippen molar-refractivity contribution in [3.05, 3.63) is 54.1 Å². The topological polar surface area (TPSA) is 89.0 Å². The van der Waals surface area contributed by atoms with E-state index in [1.54, 1.807) is 48.5 Å². The van der Waals surface area contributed by atoms with Crippen molar-refractivity contribution in [2.75, 3.05) is 18.5 Å². The number of terminal acetylenes is 1. The maximum atomic E-state index is 11.9. The number of carbonyl (C=O) groups excluding carboxylic acids is 2. The maximum Gasteiger partial charge on any atom is 0.249 e. The number of anilines is 1. The number of hydrazone groups is 1. The molecule has 0 heterocycles. The van der Waals surface area contributed by atoms with E-state index in [-0.39, 0.29) is 13.0 Å². The van der Waals surface area contributed by atoms with Crippen LogP contribution < -0.4 is 20.2 Å². The average Bonchev–Trinajstić information content (AvgIpc) is 2.69. The Balaban J connectivity index is 1.82. The third-order valence-corrected chi connectivity index (χ3v) is 3.39. The van der Waals surface area contributed by atoms with Gasteiger partial charge >= 0.3 is 0 Å². The third kappa shape index (κ3) is 6.84. The van der Waals surface area contributed by atoms with Gasteiger partial charge in [-0.05, 0) is 43.3 Å². The second kappa shape index (κ2) is 11.0. The van der Waals surface area contributed by atoms with Crippen LogP contribution in [0, 0.1) is 12.3 Å². The molecule has 2 aromatic rings. The molecule has 2 amide bonds. The Bertz CT molecular complexity index is 870. The largest absolute Gasteiger partial charge is 0.494 e. The summed E-state index contributed by atoms with van der Waals surface area (Å²) in [5, 5.41) is 6.49. The molecule has 0 fully saturated rings. The lowest BCUT2D eigenvalue weighted by Gasteiger charge is -2.07. The highest BCUT2D eigenvalue weighted by atomic mass is 16.5. The maximum absolute atomic E-state index is 11.9. The molecule has 7 nitrogen and oxygen atoms in total. The molecule has 0 saturated carbocycles. The fourth-order valence-electron chi connectivity index (χ4n) is 2.20. The van der Waals surface area contributed by atoms with Gasteiger partial charge in [0.1, 0.15) is 24.5 Å². The molecule has 2 aromatic carbocycles. The number of hydrogen-bond acceptors (Lipinski definition) is 5. The molecule has 0 atom stereocenters. The van der Waals surface area contributed by atoms with Gasteiger partial charge in [0.2, 0.25) is 11.8 Å². The highest BCUT2D eigenvalue weighted by Gasteiger charge is 2.09. The van der Waals surface area contributed by atoms with Crippen molar-refractivity contribution >= 4 is 23.7 Å². The number of nitrogens with one attached hydrogen (secondary N) is 2. The second-order valence-electron chi connectivity index (χ2n) is 5.51. The minimum Gasteiger partial charge on any atom is -0.494 e. The molecule has 7 heteroatoms. The SMILES string of the molecule is C#CCOc1ccccc1C=NNC(=O)CC(=O)Nc1ccc(OCC)cc1. The number of carbonyl (C=O) groups is 2. The quantitative estimate of drug-likeness (QED) is 0.303. The van der Waals surface area contributed by atoms with E-state index in [1.165, 1.54) is 6.21 Å². The minimum absolute atomic E-state index is 0.128. The zero-order chi connectivity index (χ0) is 20.2. The van der Waals surface area contributed by atoms with Gasteiger partial charge < -0.3 is 14.8 Å². The van der Waals surface area contributed by atoms with Gasteiger partial charge in [-0.25, -0.2) is 5.43 Å². The number of hydrogen-bond donors (Lipinski definition) is 2. The zero-order valence-corrected chi connectivity index (χ0v) is 15.5. The Morgan fingerprint density at radius 1 is 1.11 bits per heavy atom. The Hall–Kier alpha value is -3.79. The molecule has 28 heavy (non-hydrogen) atoms. The summed E-state index contributed by atoms with van der Waals surface area (Å²) >= 11 is 0. The average molecular weight is 379 g/mol. The van der Waals surface area contributed by atoms with Gasteiger partial charge in [-0.2, -0.15) is 5.10 Å². The molecule has 0 aliphatic rings. The normalized spacial score (nSPS) is 10.1. The fraction of sp³-hybridized carbons (Fsp3) is 0.190. The summed E-state index contributed by atoms with van der Waals surface area (Å²) in [7, 11) is 0. The minimum atomic E-state index is -0.540. The fourth-order valence-corrected chi connectivity index (χ4v) is 2.20. The monoisotopic (exact) mass is 379 g/mol. The van der Waals surface area contributed by atoms with Crippen LogP contribution in [0.1, 0.15) is 18.9 Å². The van der Waals surface area contributed by atoms with Crippen LogP contribution in [-0.2, 0) is 9.59 Å². The van der Waals surface area contributed by atoms with Crippen LogP contribution in [0.5, 0.6) is 11.5 Å². The van der Waals surface area contributed by atoms with Crippen LogP contribution in [0.25, 0.3) is 0 Å². The van der Waals surface area contributed by atoms with Crippen LogP contribution in [-0.4, -0.2) is 31.2 Å². The van der Waals surface area contributed by atoms with Crippen molar-refractivity contribution in [1.29, 1.82) is 0 Å². The van der Waals surface area contributed by atoms with Crippen LogP contribution >= 0.6 is 0 Å². The number of para-hydroxylation sites is 1. The summed E-state index contributed by atoms with van der Waals surface area (Å²) < 4.78 is 10.7. The van der Waals surface area contributed by atoms with E-state index in [1.807, 2.05) is 6.92 Å². The third-order valence-electron chi connectivity index (χ3n) is 3.39. The molecule has 0 aromatic heterocycles. The van der Waals surface area contributed by atoms with Crippen molar-refractivity contribution in [3.8, 4) is 23.8 Å². The van der Waals surface area contributed by atoms with Crippen molar-refractivity contribution in [3.63, 3.8) is 0 Å². The first-order chi connectivity index (χ1) is 13.6. The van der Waals surface area contributed by atoms with E-state index in [0.29, 0.717) is 29.4 Å². The van der Waals surface area contributed by atoms with Crippen molar-refractivity contribution in [2.24, 2.45) is 5.10 Å². The molecule has 2 N–H and O–H groups in total. The van der Waals surface area contributed by atoms with E-state index < -0.39 is 11.8 Å². The van der Waals surface area contributed by atoms with Gasteiger partial charge in [0.15, 0.2) is 0 Å². The Morgan fingerprint density at radius 3 is 2.57 bits per heavy atom. The highest BCUT2D eigenvalue weighted by molar-refractivity contribution is 6.03. The van der Waals surface area contributed by atoms with Crippen molar-refractivity contribution in [1.82, 2.24) is 5.43 Å². The van der Waals surface area contributed by atoms with E-state index in [2.05, 4.69) is 21.8 Å². The van der Waals surface area contributed by atoms with Crippen LogP contribution in [0.15, 0.2) is 53.6 Å². The molecule has 0 aliphatic carbocycles. The first-order valence-electron chi connectivity index (χ1n) is 8.62. The number of benzene rings is 2. The van der Waals surface area contributed by atoms with Crippen LogP contribution in [0.2, 0.25) is 0 Å². The van der Waals surface area contributed by atoms with Crippen molar-refractivity contribution in [2.45, 2.75) is 13.3 Å². The summed E-state index contributed by atoms with van der Waals surface area (Å²) in [4.78, 5) is 23.8. The summed E-state index contributed by atoms with van der Waals surface area (Å²) in [5.74, 6) is 2.65. The lowest BCUT2D eigenvalue weighted by molar-refractivity contribution is -0.126. The van der Waals surface area contributed by atoms with Gasteiger partial charge in [-0.3, -0.25) is 9.59 Å². The molecular formula is C21H21N3O4. The van der Waals surface area contributed by atoms with Gasteiger partial charge in [-0.1, -0.05) is 18.1 Å². The smallest absolute Gasteiger partial charge is 0.249 e. The summed E-state index contributed by atoms with van der Waals surface area (Å²) in [6.45, 7) is 2.58. The Kier molecular flexibility index (Phi) is 8.09. The lowest BCUT2D eigenvalue weighted by atomic mass is 10.2. The van der Waals surface area contributed by atoms with Gasteiger partial charge in [-0.15, -0.1) is 6.42 Å². The van der Waals surface area contributed by atoms with Crippen LogP contribution in [0.3, 0.4) is 0 Å². The van der Waals surface area contributed by atoms with Gasteiger partial charge in [0.25, 0.3) is 0 Å². The van der Waals surface area contributed by atoms with Crippen molar-refractivity contribution < 1.29 is 19.1 Å². The van der Waals surface area contributed by atoms with E-state index in [0.717, 1.165) is 0 Å². The van der Waals surface area contributed by atoms with Gasteiger partial charge in [0, 0.05) is 11.3 Å². The predicted molar refractivity (Wildman–Crippen MR) is 107 cm³/mol. The molecule has 0 aliphatic heterocycles. The molecule has 2 rings (SSSR count). The number of ether oxygens (including phenoxy) is 2. The number of amides is 2. The zero-order valence-electron chi connectivity index (χ0n) is 15.5. The van der Waals surface area contributed by atoms with E-state index in [9.17, 15) is 9.59 Å². The molecule has 0 spiro atoms. The first kappa shape index (κ1) is 20.5. The predicted octanol–water partition coefficient (Wildman–Crippen LogP) is 2.58. The van der Waals surface area contributed by atoms with Gasteiger partial charge in [0.05, 0.1) is 12.8 Å². The lowest BCUT2D eigenvalue weighted by Crippen LogP contribution is -2.24. The molecule has 0 unspecified atom stereocenters. The molecule has 0 radical (unpaired) electrons. The van der Waals surface area contributed by atoms with E-state index >= 15 is 0 Å². The molecular weight excluding hydrogens is 358 g/mol. The molecule has 0 bridgehead atoms. The molecule has 0 saturated heterocycles. The standard InChI is InChI=1S/C21H21N3O4/c1-3-13-28-19-8-6-5-7-16(19)15-22-24-21(26)14-20(25)23-17-9-11-18(12-10-17)27-4-2/h1,5-12,15H,4,13-14H2,2H3,(H,23,25)(H,24,26). The second-order valence-corrected chi connectivity index (χ2v) is 5.51. The summed E-state index contributed by atoms with van der Waals surface area (Å²) in [6, 6.07) is 14.0. The number of rotatable bonds is 9. The Labute approximate surface area is 163 Å². The van der Waals surface area contributed by atoms with E-state index in [4.69, 9.17) is 15.9 Å².